The number of sulfonamides is 1. The molecule has 1 aliphatic heterocycles. The summed E-state index contributed by atoms with van der Waals surface area (Å²) in [6, 6.07) is 18.8. The van der Waals surface area contributed by atoms with Gasteiger partial charge in [-0.25, -0.2) is 8.42 Å². The van der Waals surface area contributed by atoms with E-state index in [1.54, 1.807) is 28.6 Å². The van der Waals surface area contributed by atoms with Crippen LogP contribution in [0, 0.1) is 5.92 Å². The van der Waals surface area contributed by atoms with Gasteiger partial charge in [-0.2, -0.15) is 4.31 Å². The molecule has 4 rings (SSSR count). The number of hydrogen-bond acceptors (Lipinski definition) is 4. The quantitative estimate of drug-likeness (QED) is 0.705. The van der Waals surface area contributed by atoms with Crippen LogP contribution in [-0.4, -0.2) is 32.4 Å². The van der Waals surface area contributed by atoms with Gasteiger partial charge in [-0.15, -0.1) is 0 Å². The molecule has 2 aromatic carbocycles. The first kappa shape index (κ1) is 18.2. The molecule has 0 aliphatic carbocycles. The van der Waals surface area contributed by atoms with Crippen LogP contribution in [0.15, 0.2) is 70.0 Å². The minimum absolute atomic E-state index is 0.381. The highest BCUT2D eigenvalue weighted by Gasteiger charge is 2.29. The molecule has 0 saturated carbocycles. The third-order valence-electron chi connectivity index (χ3n) is 5.16. The molecule has 0 atom stereocenters. The van der Waals surface area contributed by atoms with Crippen molar-refractivity contribution in [3.8, 4) is 0 Å². The van der Waals surface area contributed by atoms with Crippen molar-refractivity contribution >= 4 is 21.0 Å². The number of rotatable bonds is 6. The van der Waals surface area contributed by atoms with E-state index in [-0.39, 0.29) is 0 Å². The molecule has 0 radical (unpaired) electrons. The summed E-state index contributed by atoms with van der Waals surface area (Å²) in [6.45, 7) is 2.72. The Morgan fingerprint density at radius 2 is 1.70 bits per heavy atom. The second-order valence-electron chi connectivity index (χ2n) is 7.04. The lowest BCUT2D eigenvalue weighted by molar-refractivity contribution is 0.266. The maximum atomic E-state index is 12.7. The molecule has 1 fully saturated rings. The molecule has 2 heterocycles. The molecule has 0 amide bonds. The van der Waals surface area contributed by atoms with Crippen molar-refractivity contribution in [2.75, 3.05) is 19.6 Å². The zero-order chi connectivity index (χ0) is 18.7. The molecule has 1 saturated heterocycles. The van der Waals surface area contributed by atoms with E-state index in [9.17, 15) is 8.42 Å². The first-order chi connectivity index (χ1) is 13.1. The predicted octanol–water partition coefficient (Wildman–Crippen LogP) is 3.62. The van der Waals surface area contributed by atoms with Gasteiger partial charge in [0, 0.05) is 18.5 Å². The van der Waals surface area contributed by atoms with Crippen LogP contribution in [-0.2, 0) is 16.6 Å². The second-order valence-corrected chi connectivity index (χ2v) is 8.98. The summed E-state index contributed by atoms with van der Waals surface area (Å²) in [6.07, 6.45) is 1.75. The number of nitrogens with one attached hydrogen (secondary N) is 1. The second kappa shape index (κ2) is 7.84. The minimum Gasteiger partial charge on any atom is -0.460 e. The number of para-hydroxylation sites is 1. The molecule has 27 heavy (non-hydrogen) atoms. The zero-order valence-corrected chi connectivity index (χ0v) is 16.0. The summed E-state index contributed by atoms with van der Waals surface area (Å²) in [4.78, 5) is 0.381. The predicted molar refractivity (Wildman–Crippen MR) is 106 cm³/mol. The summed E-state index contributed by atoms with van der Waals surface area (Å²) < 4.78 is 32.8. The molecule has 6 heteroatoms. The van der Waals surface area contributed by atoms with Crippen LogP contribution in [0.4, 0.5) is 0 Å². The van der Waals surface area contributed by atoms with E-state index in [0.29, 0.717) is 30.4 Å². The van der Waals surface area contributed by atoms with E-state index in [0.717, 1.165) is 36.1 Å². The Morgan fingerprint density at radius 1 is 1.00 bits per heavy atom. The Balaban J connectivity index is 1.27. The fourth-order valence-electron chi connectivity index (χ4n) is 3.62. The van der Waals surface area contributed by atoms with Gasteiger partial charge >= 0.3 is 0 Å². The maximum absolute atomic E-state index is 12.7. The smallest absolute Gasteiger partial charge is 0.243 e. The van der Waals surface area contributed by atoms with E-state index in [1.165, 1.54) is 0 Å². The summed E-state index contributed by atoms with van der Waals surface area (Å²) >= 11 is 0. The minimum atomic E-state index is -3.37. The van der Waals surface area contributed by atoms with E-state index in [1.807, 2.05) is 30.3 Å². The van der Waals surface area contributed by atoms with Crippen molar-refractivity contribution in [1.29, 1.82) is 0 Å². The van der Waals surface area contributed by atoms with Gasteiger partial charge in [-0.05, 0) is 49.6 Å². The molecule has 0 bridgehead atoms. The summed E-state index contributed by atoms with van der Waals surface area (Å²) in [7, 11) is -3.37. The highest BCUT2D eigenvalue weighted by molar-refractivity contribution is 7.89. The first-order valence-electron chi connectivity index (χ1n) is 9.36. The van der Waals surface area contributed by atoms with Crippen LogP contribution >= 0.6 is 0 Å². The molecular formula is C21H24N2O3S. The molecule has 1 N–H and O–H groups in total. The number of furan rings is 1. The maximum Gasteiger partial charge on any atom is 0.243 e. The van der Waals surface area contributed by atoms with Gasteiger partial charge in [0.1, 0.15) is 11.3 Å². The normalized spacial score (nSPS) is 16.7. The van der Waals surface area contributed by atoms with Crippen molar-refractivity contribution in [3.05, 3.63) is 66.4 Å². The number of nitrogens with zero attached hydrogens (tertiary/aromatic N) is 1. The van der Waals surface area contributed by atoms with Crippen LogP contribution in [0.3, 0.4) is 0 Å². The largest absolute Gasteiger partial charge is 0.460 e. The van der Waals surface area contributed by atoms with Gasteiger partial charge in [-0.1, -0.05) is 36.4 Å². The Morgan fingerprint density at radius 3 is 2.44 bits per heavy atom. The molecule has 142 valence electrons. The first-order valence-corrected chi connectivity index (χ1v) is 10.8. The average molecular weight is 385 g/mol. The van der Waals surface area contributed by atoms with Crippen LogP contribution in [0.1, 0.15) is 18.6 Å². The third kappa shape index (κ3) is 4.08. The van der Waals surface area contributed by atoms with Crippen molar-refractivity contribution < 1.29 is 12.8 Å². The Hall–Kier alpha value is -2.15. The fraction of sp³-hybridized carbons (Fsp3) is 0.333. The SMILES string of the molecule is O=S(=O)(c1ccccc1)N1CCC(CNCc2cc3ccccc3o2)CC1. The molecule has 3 aromatic rings. The summed E-state index contributed by atoms with van der Waals surface area (Å²) in [5.74, 6) is 1.41. The Kier molecular flexibility index (Phi) is 5.29. The van der Waals surface area contributed by atoms with Crippen LogP contribution in [0.25, 0.3) is 11.0 Å². The number of benzene rings is 2. The monoisotopic (exact) mass is 384 g/mol. The number of piperidine rings is 1. The van der Waals surface area contributed by atoms with E-state index < -0.39 is 10.0 Å². The lowest BCUT2D eigenvalue weighted by atomic mass is 9.98. The molecule has 0 unspecified atom stereocenters. The highest BCUT2D eigenvalue weighted by atomic mass is 32.2. The highest BCUT2D eigenvalue weighted by Crippen LogP contribution is 2.24. The van der Waals surface area contributed by atoms with Gasteiger partial charge < -0.3 is 9.73 Å². The van der Waals surface area contributed by atoms with Gasteiger partial charge in [0.05, 0.1) is 11.4 Å². The van der Waals surface area contributed by atoms with Gasteiger partial charge in [0.25, 0.3) is 0 Å². The van der Waals surface area contributed by atoms with E-state index in [2.05, 4.69) is 11.4 Å². The summed E-state index contributed by atoms with van der Waals surface area (Å²) in [5.41, 5.74) is 0.911. The summed E-state index contributed by atoms with van der Waals surface area (Å²) in [5, 5.41) is 4.58. The van der Waals surface area contributed by atoms with Crippen molar-refractivity contribution in [3.63, 3.8) is 0 Å². The Labute approximate surface area is 160 Å². The lowest BCUT2D eigenvalue weighted by Crippen LogP contribution is -2.40. The third-order valence-corrected chi connectivity index (χ3v) is 7.08. The molecule has 1 aromatic heterocycles. The van der Waals surface area contributed by atoms with Crippen LogP contribution in [0.2, 0.25) is 0 Å². The lowest BCUT2D eigenvalue weighted by Gasteiger charge is -2.31. The van der Waals surface area contributed by atoms with Crippen LogP contribution < -0.4 is 5.32 Å². The van der Waals surface area contributed by atoms with E-state index in [4.69, 9.17) is 4.42 Å². The topological polar surface area (TPSA) is 62.6 Å². The standard InChI is InChI=1S/C21H24N2O3S/c24-27(25,20-7-2-1-3-8-20)23-12-10-17(11-13-23)15-22-16-19-14-18-6-4-5-9-21(18)26-19/h1-9,14,17,22H,10-13,15-16H2. The van der Waals surface area contributed by atoms with Crippen LogP contribution in [0.5, 0.6) is 0 Å². The number of hydrogen-bond donors (Lipinski definition) is 1. The molecule has 5 nitrogen and oxygen atoms in total. The average Bonchev–Trinajstić information content (AvgIpc) is 3.12. The van der Waals surface area contributed by atoms with E-state index >= 15 is 0 Å². The molecular weight excluding hydrogens is 360 g/mol. The number of fused-ring (bicyclic) bond motifs is 1. The van der Waals surface area contributed by atoms with Crippen molar-refractivity contribution in [1.82, 2.24) is 9.62 Å². The molecule has 1 aliphatic rings. The van der Waals surface area contributed by atoms with Gasteiger partial charge in [-0.3, -0.25) is 0 Å². The Bertz CT molecular complexity index is 957. The van der Waals surface area contributed by atoms with Crippen molar-refractivity contribution in [2.45, 2.75) is 24.3 Å². The fourth-order valence-corrected chi connectivity index (χ4v) is 5.11. The molecule has 0 spiro atoms. The zero-order valence-electron chi connectivity index (χ0n) is 15.2. The van der Waals surface area contributed by atoms with Crippen molar-refractivity contribution in [2.24, 2.45) is 5.92 Å². The van der Waals surface area contributed by atoms with Gasteiger partial charge in [0.15, 0.2) is 0 Å². The van der Waals surface area contributed by atoms with Gasteiger partial charge in [0.2, 0.25) is 10.0 Å².